The van der Waals surface area contributed by atoms with E-state index in [1.807, 2.05) is 0 Å². The molecule has 1 nitrogen and oxygen atoms in total. The monoisotopic (exact) mass is 574 g/mol. The molecule has 6 aromatic rings. The van der Waals surface area contributed by atoms with Gasteiger partial charge in [-0.25, -0.2) is 0 Å². The van der Waals surface area contributed by atoms with Crippen LogP contribution in [-0.4, -0.2) is 6.26 Å². The van der Waals surface area contributed by atoms with Gasteiger partial charge in [0.05, 0.1) is 0 Å². The molecular weight excluding hydrogens is 541 g/mol. The second kappa shape index (κ2) is 9.89. The molecule has 0 spiro atoms. The molecule has 1 unspecified atom stereocenters. The summed E-state index contributed by atoms with van der Waals surface area (Å²) in [6, 6.07) is 42.2. The van der Waals surface area contributed by atoms with Gasteiger partial charge in [0, 0.05) is 32.4 Å². The Morgan fingerprint density at radius 1 is 0.674 bits per heavy atom. The molecule has 0 saturated carbocycles. The van der Waals surface area contributed by atoms with E-state index in [1.54, 1.807) is 11.8 Å². The molecule has 6 aromatic carbocycles. The van der Waals surface area contributed by atoms with E-state index in [0.717, 1.165) is 29.7 Å². The molecule has 0 saturated heterocycles. The standard InChI is InChI=1S/C41H34OS/c1-4-40(5-2)36-17-11-10-16-34(36)37-32-14-8-9-15-33(32)39-35(38(37)40)24-25-41(42-39,29-20-22-31(43-3)23-21-29)30-19-18-27-12-6-7-13-28(27)26-30/h6-26H,4-5H2,1-3H3. The molecule has 1 aliphatic heterocycles. The zero-order valence-corrected chi connectivity index (χ0v) is 25.7. The van der Waals surface area contributed by atoms with Gasteiger partial charge in [0.2, 0.25) is 0 Å². The summed E-state index contributed by atoms with van der Waals surface area (Å²) in [5.41, 5.74) is 8.29. The number of rotatable bonds is 5. The summed E-state index contributed by atoms with van der Waals surface area (Å²) >= 11 is 1.76. The normalized spacial score (nSPS) is 17.8. The third-order valence-electron chi connectivity index (χ3n) is 10.0. The van der Waals surface area contributed by atoms with Crippen molar-refractivity contribution in [1.29, 1.82) is 0 Å². The van der Waals surface area contributed by atoms with Gasteiger partial charge in [0.25, 0.3) is 0 Å². The van der Waals surface area contributed by atoms with E-state index in [4.69, 9.17) is 4.74 Å². The summed E-state index contributed by atoms with van der Waals surface area (Å²) in [4.78, 5) is 1.24. The van der Waals surface area contributed by atoms with Crippen molar-refractivity contribution in [3.05, 3.63) is 149 Å². The van der Waals surface area contributed by atoms with Crippen LogP contribution in [0.1, 0.15) is 54.5 Å². The Kier molecular flexibility index (Phi) is 6.07. The van der Waals surface area contributed by atoms with Crippen LogP contribution in [0.15, 0.2) is 126 Å². The quantitative estimate of drug-likeness (QED) is 0.189. The van der Waals surface area contributed by atoms with Crippen LogP contribution in [0.25, 0.3) is 38.7 Å². The molecule has 0 radical (unpaired) electrons. The Morgan fingerprint density at radius 2 is 1.35 bits per heavy atom. The zero-order valence-electron chi connectivity index (χ0n) is 24.9. The van der Waals surface area contributed by atoms with E-state index in [1.165, 1.54) is 54.3 Å². The smallest absolute Gasteiger partial charge is 0.178 e. The molecule has 210 valence electrons. The lowest BCUT2D eigenvalue weighted by Gasteiger charge is -2.39. The van der Waals surface area contributed by atoms with E-state index in [-0.39, 0.29) is 5.41 Å². The summed E-state index contributed by atoms with van der Waals surface area (Å²) in [7, 11) is 0. The van der Waals surface area contributed by atoms with Gasteiger partial charge in [-0.3, -0.25) is 0 Å². The minimum atomic E-state index is -0.766. The number of thioether (sulfide) groups is 1. The third-order valence-corrected chi connectivity index (χ3v) is 10.8. The molecule has 1 aliphatic carbocycles. The Morgan fingerprint density at radius 3 is 2.12 bits per heavy atom. The first kappa shape index (κ1) is 26.4. The fourth-order valence-corrected chi connectivity index (χ4v) is 8.25. The topological polar surface area (TPSA) is 9.23 Å². The predicted molar refractivity (Wildman–Crippen MR) is 183 cm³/mol. The van der Waals surface area contributed by atoms with Crippen LogP contribution in [0, 0.1) is 0 Å². The van der Waals surface area contributed by atoms with E-state index in [0.29, 0.717) is 0 Å². The van der Waals surface area contributed by atoms with Crippen LogP contribution in [0.2, 0.25) is 0 Å². The molecule has 1 atom stereocenters. The SMILES string of the molecule is CCC1(CC)c2ccccc2-c2c1c1c(c3ccccc23)OC(c2ccc(SC)cc2)(c2ccc3ccccc3c2)C=C1. The van der Waals surface area contributed by atoms with Crippen LogP contribution < -0.4 is 4.74 Å². The number of ether oxygens (including phenoxy) is 1. The van der Waals surface area contributed by atoms with Gasteiger partial charge in [-0.05, 0) is 81.8 Å². The van der Waals surface area contributed by atoms with Crippen LogP contribution in [0.4, 0.5) is 0 Å². The highest BCUT2D eigenvalue weighted by atomic mass is 32.2. The Hall–Kier alpha value is -4.27. The van der Waals surface area contributed by atoms with Gasteiger partial charge in [-0.15, -0.1) is 11.8 Å². The van der Waals surface area contributed by atoms with E-state index >= 15 is 0 Å². The highest BCUT2D eigenvalue weighted by Crippen LogP contribution is 2.60. The fraction of sp³-hybridized carbons (Fsp3) is 0.171. The largest absolute Gasteiger partial charge is 0.472 e. The minimum Gasteiger partial charge on any atom is -0.472 e. The minimum absolute atomic E-state index is 0.0588. The summed E-state index contributed by atoms with van der Waals surface area (Å²) in [5.74, 6) is 0.984. The van der Waals surface area contributed by atoms with Gasteiger partial charge >= 0.3 is 0 Å². The Bertz CT molecular complexity index is 2070. The van der Waals surface area contributed by atoms with Crippen molar-refractivity contribution >= 4 is 39.4 Å². The van der Waals surface area contributed by atoms with Crippen LogP contribution in [0.3, 0.4) is 0 Å². The maximum Gasteiger partial charge on any atom is 0.178 e. The molecule has 1 heterocycles. The highest BCUT2D eigenvalue weighted by Gasteiger charge is 2.46. The van der Waals surface area contributed by atoms with E-state index < -0.39 is 5.60 Å². The molecule has 0 amide bonds. The van der Waals surface area contributed by atoms with Crippen molar-refractivity contribution in [2.45, 2.75) is 42.6 Å². The lowest BCUT2D eigenvalue weighted by atomic mass is 9.71. The maximum atomic E-state index is 7.54. The van der Waals surface area contributed by atoms with E-state index in [2.05, 4.69) is 148 Å². The van der Waals surface area contributed by atoms with Crippen molar-refractivity contribution in [3.8, 4) is 16.9 Å². The average molecular weight is 575 g/mol. The van der Waals surface area contributed by atoms with Gasteiger partial charge in [0.15, 0.2) is 5.60 Å². The summed E-state index contributed by atoms with van der Waals surface area (Å²) in [6.45, 7) is 4.69. The zero-order chi connectivity index (χ0) is 29.2. The van der Waals surface area contributed by atoms with Gasteiger partial charge < -0.3 is 4.74 Å². The van der Waals surface area contributed by atoms with Crippen LogP contribution in [0.5, 0.6) is 5.75 Å². The van der Waals surface area contributed by atoms with Crippen molar-refractivity contribution < 1.29 is 4.74 Å². The number of hydrogen-bond donors (Lipinski definition) is 0. The molecule has 2 aliphatic rings. The Labute approximate surface area is 258 Å². The second-order valence-corrected chi connectivity index (χ2v) is 12.7. The van der Waals surface area contributed by atoms with Crippen molar-refractivity contribution in [2.24, 2.45) is 0 Å². The summed E-state index contributed by atoms with van der Waals surface area (Å²) in [6.07, 6.45) is 8.91. The molecule has 0 N–H and O–H groups in total. The molecule has 0 fully saturated rings. The maximum absolute atomic E-state index is 7.54. The van der Waals surface area contributed by atoms with Gasteiger partial charge in [-0.2, -0.15) is 0 Å². The average Bonchev–Trinajstić information content (AvgIpc) is 3.39. The van der Waals surface area contributed by atoms with Crippen LogP contribution >= 0.6 is 11.8 Å². The summed E-state index contributed by atoms with van der Waals surface area (Å²) in [5, 5.41) is 4.89. The van der Waals surface area contributed by atoms with Crippen molar-refractivity contribution in [1.82, 2.24) is 0 Å². The number of hydrogen-bond acceptors (Lipinski definition) is 2. The van der Waals surface area contributed by atoms with Gasteiger partial charge in [0.1, 0.15) is 5.75 Å². The molecule has 8 rings (SSSR count). The fourth-order valence-electron chi connectivity index (χ4n) is 7.84. The van der Waals surface area contributed by atoms with Crippen molar-refractivity contribution in [3.63, 3.8) is 0 Å². The second-order valence-electron chi connectivity index (χ2n) is 11.8. The molecule has 2 heteroatoms. The number of benzene rings is 6. The highest BCUT2D eigenvalue weighted by molar-refractivity contribution is 7.98. The van der Waals surface area contributed by atoms with Crippen LogP contribution in [-0.2, 0) is 11.0 Å². The van der Waals surface area contributed by atoms with Gasteiger partial charge in [-0.1, -0.05) is 117 Å². The number of fused-ring (bicyclic) bond motifs is 9. The lowest BCUT2D eigenvalue weighted by molar-refractivity contribution is 0.163. The van der Waals surface area contributed by atoms with E-state index in [9.17, 15) is 0 Å². The lowest BCUT2D eigenvalue weighted by Crippen LogP contribution is -2.35. The predicted octanol–water partition coefficient (Wildman–Crippen LogP) is 11.2. The van der Waals surface area contributed by atoms with Crippen molar-refractivity contribution in [2.75, 3.05) is 6.26 Å². The molecular formula is C41H34OS. The first-order chi connectivity index (χ1) is 21.1. The molecule has 0 aromatic heterocycles. The first-order valence-electron chi connectivity index (χ1n) is 15.3. The molecule has 43 heavy (non-hydrogen) atoms. The first-order valence-corrected chi connectivity index (χ1v) is 16.6. The third kappa shape index (κ3) is 3.66. The summed E-state index contributed by atoms with van der Waals surface area (Å²) < 4.78 is 7.54. The Balaban J connectivity index is 1.45. The molecule has 0 bridgehead atoms.